The second kappa shape index (κ2) is 4.59. The first-order valence-electron chi connectivity index (χ1n) is 5.44. The Morgan fingerprint density at radius 3 is 2.67 bits per heavy atom. The highest BCUT2D eigenvalue weighted by atomic mass is 79.9. The molecule has 0 aliphatic carbocycles. The molecule has 1 aromatic heterocycles. The zero-order valence-corrected chi connectivity index (χ0v) is 12.7. The van der Waals surface area contributed by atoms with E-state index < -0.39 is 0 Å². The Balaban J connectivity index is 2.74. The molecule has 1 N–H and O–H groups in total. The topological polar surface area (TPSA) is 33.6 Å². The van der Waals surface area contributed by atoms with E-state index in [-0.39, 0.29) is 11.4 Å². The lowest BCUT2D eigenvalue weighted by Gasteiger charge is -2.22. The summed E-state index contributed by atoms with van der Waals surface area (Å²) in [4.78, 5) is 0. The highest BCUT2D eigenvalue weighted by Crippen LogP contribution is 2.29. The number of nitrogens with zero attached hydrogens (tertiary/aromatic N) is 2. The summed E-state index contributed by atoms with van der Waals surface area (Å²) in [5.74, 6) is 0.170. The normalized spacial score (nSPS) is 11.8. The second-order valence-corrected chi connectivity index (χ2v) is 6.20. The lowest BCUT2D eigenvalue weighted by atomic mass is 10.1. The van der Waals surface area contributed by atoms with Crippen molar-refractivity contribution in [2.75, 3.05) is 0 Å². The molecule has 0 aliphatic rings. The molecule has 0 fully saturated rings. The van der Waals surface area contributed by atoms with E-state index in [1.165, 1.54) is 0 Å². The van der Waals surface area contributed by atoms with Crippen molar-refractivity contribution in [2.45, 2.75) is 26.3 Å². The number of halogens is 2. The predicted octanol–water partition coefficient (Wildman–Crippen LogP) is 4.26. The monoisotopic (exact) mass is 329 g/mol. The van der Waals surface area contributed by atoms with Crippen LogP contribution in [0.3, 0.4) is 0 Å². The van der Waals surface area contributed by atoms with E-state index in [1.807, 2.05) is 25.3 Å². The predicted molar refractivity (Wildman–Crippen MR) is 75.5 cm³/mol. The third-order valence-corrected chi connectivity index (χ3v) is 3.42. The van der Waals surface area contributed by atoms with Crippen LogP contribution >= 0.6 is 28.1 Å². The minimum atomic E-state index is -0.336. The highest BCUT2D eigenvalue weighted by Gasteiger charge is 2.22. The van der Waals surface area contributed by atoms with Crippen LogP contribution in [-0.4, -0.2) is 14.8 Å². The molecule has 0 bridgehead atoms. The SMILES string of the molecule is CC(C)(C)n1c(-c2cccc(Br)c2F)n[nH]c1=S. The molecule has 2 rings (SSSR count). The van der Waals surface area contributed by atoms with Crippen LogP contribution < -0.4 is 0 Å². The summed E-state index contributed by atoms with van der Waals surface area (Å²) in [5.41, 5.74) is 0.153. The molecule has 0 amide bonds. The highest BCUT2D eigenvalue weighted by molar-refractivity contribution is 9.10. The van der Waals surface area contributed by atoms with Crippen LogP contribution in [0.5, 0.6) is 0 Å². The average molecular weight is 330 g/mol. The standard InChI is InChI=1S/C12H13BrFN3S/c1-12(2,3)17-10(15-16-11(17)18)7-5-4-6-8(13)9(7)14/h4-6H,1-3H3,(H,16,18). The van der Waals surface area contributed by atoms with E-state index in [9.17, 15) is 4.39 Å². The van der Waals surface area contributed by atoms with Crippen molar-refractivity contribution < 1.29 is 4.39 Å². The van der Waals surface area contributed by atoms with E-state index in [4.69, 9.17) is 12.2 Å². The van der Waals surface area contributed by atoms with Gasteiger partial charge in [-0.05, 0) is 61.1 Å². The largest absolute Gasteiger partial charge is 0.295 e. The third-order valence-electron chi connectivity index (χ3n) is 2.54. The van der Waals surface area contributed by atoms with Crippen LogP contribution in [0.4, 0.5) is 4.39 Å². The molecule has 96 valence electrons. The maximum Gasteiger partial charge on any atom is 0.195 e. The van der Waals surface area contributed by atoms with Gasteiger partial charge in [-0.2, -0.15) is 5.10 Å². The minimum Gasteiger partial charge on any atom is -0.295 e. The lowest BCUT2D eigenvalue weighted by Crippen LogP contribution is -2.23. The molecular weight excluding hydrogens is 317 g/mol. The van der Waals surface area contributed by atoms with Gasteiger partial charge in [-0.15, -0.1) is 0 Å². The van der Waals surface area contributed by atoms with Gasteiger partial charge in [0.1, 0.15) is 5.82 Å². The van der Waals surface area contributed by atoms with Crippen molar-refractivity contribution in [1.82, 2.24) is 14.8 Å². The molecule has 0 saturated heterocycles. The number of nitrogens with one attached hydrogen (secondary N) is 1. The van der Waals surface area contributed by atoms with Gasteiger partial charge in [0.2, 0.25) is 0 Å². The minimum absolute atomic E-state index is 0.270. The van der Waals surface area contributed by atoms with Gasteiger partial charge < -0.3 is 0 Å². The summed E-state index contributed by atoms with van der Waals surface area (Å²) in [6, 6.07) is 5.11. The van der Waals surface area contributed by atoms with Gasteiger partial charge >= 0.3 is 0 Å². The first kappa shape index (κ1) is 13.4. The molecule has 1 heterocycles. The molecule has 0 unspecified atom stereocenters. The fourth-order valence-corrected chi connectivity index (χ4v) is 2.55. The summed E-state index contributed by atoms with van der Waals surface area (Å²) in [6.07, 6.45) is 0. The number of hydrogen-bond donors (Lipinski definition) is 1. The number of aromatic amines is 1. The molecule has 18 heavy (non-hydrogen) atoms. The lowest BCUT2D eigenvalue weighted by molar-refractivity contribution is 0.395. The van der Waals surface area contributed by atoms with Gasteiger partial charge in [0.05, 0.1) is 10.0 Å². The molecule has 0 spiro atoms. The Morgan fingerprint density at radius 1 is 1.39 bits per heavy atom. The Morgan fingerprint density at radius 2 is 2.06 bits per heavy atom. The third kappa shape index (κ3) is 2.27. The summed E-state index contributed by atoms with van der Waals surface area (Å²) in [7, 11) is 0. The Labute approximate surface area is 118 Å². The maximum absolute atomic E-state index is 14.1. The molecule has 6 heteroatoms. The molecule has 3 nitrogen and oxygen atoms in total. The van der Waals surface area contributed by atoms with E-state index in [1.54, 1.807) is 18.2 Å². The smallest absolute Gasteiger partial charge is 0.195 e. The van der Waals surface area contributed by atoms with Crippen LogP contribution in [0.1, 0.15) is 20.8 Å². The van der Waals surface area contributed by atoms with Crippen LogP contribution in [0, 0.1) is 10.6 Å². The van der Waals surface area contributed by atoms with Crippen LogP contribution in [0.25, 0.3) is 11.4 Å². The quantitative estimate of drug-likeness (QED) is 0.793. The van der Waals surface area contributed by atoms with E-state index >= 15 is 0 Å². The molecule has 0 aliphatic heterocycles. The van der Waals surface area contributed by atoms with E-state index in [0.717, 1.165) is 0 Å². The van der Waals surface area contributed by atoms with Crippen molar-refractivity contribution in [2.24, 2.45) is 0 Å². The Hall–Kier alpha value is -1.01. The first-order valence-corrected chi connectivity index (χ1v) is 6.65. The van der Waals surface area contributed by atoms with Gasteiger partial charge in [-0.25, -0.2) is 4.39 Å². The molecule has 0 saturated carbocycles. The van der Waals surface area contributed by atoms with Gasteiger partial charge in [0.15, 0.2) is 10.6 Å². The number of aromatic nitrogens is 3. The molecule has 0 radical (unpaired) electrons. The number of H-pyrrole nitrogens is 1. The summed E-state index contributed by atoms with van der Waals surface area (Å²) < 4.78 is 16.8. The number of rotatable bonds is 1. The zero-order valence-electron chi connectivity index (χ0n) is 10.3. The van der Waals surface area contributed by atoms with Crippen molar-refractivity contribution in [3.05, 3.63) is 33.3 Å². The van der Waals surface area contributed by atoms with Crippen LogP contribution in [0.2, 0.25) is 0 Å². The Kier molecular flexibility index (Phi) is 3.42. The summed E-state index contributed by atoms with van der Waals surface area (Å²) in [6.45, 7) is 5.99. The Bertz CT molecular complexity index is 640. The maximum atomic E-state index is 14.1. The first-order chi connectivity index (χ1) is 8.32. The molecular formula is C12H13BrFN3S. The van der Waals surface area contributed by atoms with Crippen LogP contribution in [0.15, 0.2) is 22.7 Å². The molecule has 2 aromatic rings. The van der Waals surface area contributed by atoms with Gasteiger partial charge in [0, 0.05) is 5.54 Å². The zero-order chi connectivity index (χ0) is 13.5. The summed E-state index contributed by atoms with van der Waals surface area (Å²) >= 11 is 8.38. The fraction of sp³-hybridized carbons (Fsp3) is 0.333. The summed E-state index contributed by atoms with van der Waals surface area (Å²) in [5, 5.41) is 6.86. The van der Waals surface area contributed by atoms with Crippen molar-refractivity contribution >= 4 is 28.1 Å². The number of benzene rings is 1. The average Bonchev–Trinajstić information content (AvgIpc) is 2.64. The van der Waals surface area contributed by atoms with Crippen molar-refractivity contribution in [1.29, 1.82) is 0 Å². The van der Waals surface area contributed by atoms with Gasteiger partial charge in [-0.1, -0.05) is 6.07 Å². The van der Waals surface area contributed by atoms with Gasteiger partial charge in [-0.3, -0.25) is 9.67 Å². The van der Waals surface area contributed by atoms with Crippen molar-refractivity contribution in [3.63, 3.8) is 0 Å². The van der Waals surface area contributed by atoms with Crippen molar-refractivity contribution in [3.8, 4) is 11.4 Å². The molecule has 0 atom stereocenters. The fourth-order valence-electron chi connectivity index (χ4n) is 1.78. The molecule has 1 aromatic carbocycles. The number of hydrogen-bond acceptors (Lipinski definition) is 2. The van der Waals surface area contributed by atoms with Crippen LogP contribution in [-0.2, 0) is 5.54 Å². The van der Waals surface area contributed by atoms with E-state index in [2.05, 4.69) is 26.1 Å². The van der Waals surface area contributed by atoms with Gasteiger partial charge in [0.25, 0.3) is 0 Å². The van der Waals surface area contributed by atoms with E-state index in [0.29, 0.717) is 20.6 Å². The second-order valence-electron chi connectivity index (χ2n) is 4.96.